The van der Waals surface area contributed by atoms with E-state index in [0.717, 1.165) is 24.9 Å². The fourth-order valence-electron chi connectivity index (χ4n) is 2.55. The number of nitrogens with one attached hydrogen (secondary N) is 1. The summed E-state index contributed by atoms with van der Waals surface area (Å²) in [5, 5.41) is 12.9. The van der Waals surface area contributed by atoms with Crippen LogP contribution < -0.4 is 5.32 Å². The van der Waals surface area contributed by atoms with Crippen LogP contribution in [0.5, 0.6) is 0 Å². The van der Waals surface area contributed by atoms with E-state index in [1.165, 1.54) is 32.1 Å². The zero-order chi connectivity index (χ0) is 12.0. The van der Waals surface area contributed by atoms with Gasteiger partial charge in [0.1, 0.15) is 0 Å². The largest absolute Gasteiger partial charge is 0.396 e. The minimum absolute atomic E-state index is 0.0971. The van der Waals surface area contributed by atoms with Gasteiger partial charge in [-0.05, 0) is 43.6 Å². The highest BCUT2D eigenvalue weighted by molar-refractivity contribution is 4.78. The van der Waals surface area contributed by atoms with Crippen molar-refractivity contribution < 1.29 is 5.11 Å². The Morgan fingerprint density at radius 3 is 2.56 bits per heavy atom. The minimum atomic E-state index is 0.0971. The lowest BCUT2D eigenvalue weighted by Gasteiger charge is -2.30. The fourth-order valence-corrected chi connectivity index (χ4v) is 2.55. The van der Waals surface area contributed by atoms with Crippen LogP contribution in [-0.4, -0.2) is 24.3 Å². The number of hydrogen-bond donors (Lipinski definition) is 2. The third-order valence-corrected chi connectivity index (χ3v) is 3.98. The molecule has 1 aliphatic rings. The Bertz CT molecular complexity index is 191. The highest BCUT2D eigenvalue weighted by Crippen LogP contribution is 2.24. The monoisotopic (exact) mass is 227 g/mol. The Morgan fingerprint density at radius 1 is 1.25 bits per heavy atom. The van der Waals surface area contributed by atoms with E-state index in [2.05, 4.69) is 26.1 Å². The quantitative estimate of drug-likeness (QED) is 0.684. The van der Waals surface area contributed by atoms with E-state index < -0.39 is 0 Å². The van der Waals surface area contributed by atoms with Crippen molar-refractivity contribution in [1.82, 2.24) is 5.32 Å². The first-order valence-corrected chi connectivity index (χ1v) is 6.89. The van der Waals surface area contributed by atoms with Gasteiger partial charge in [0, 0.05) is 12.6 Å². The Hall–Kier alpha value is -0.0800. The van der Waals surface area contributed by atoms with Crippen LogP contribution in [0.15, 0.2) is 0 Å². The van der Waals surface area contributed by atoms with Crippen molar-refractivity contribution in [3.05, 3.63) is 0 Å². The molecule has 0 spiro atoms. The van der Waals surface area contributed by atoms with Gasteiger partial charge in [0.25, 0.3) is 0 Å². The van der Waals surface area contributed by atoms with Crippen LogP contribution in [-0.2, 0) is 0 Å². The molecule has 2 nitrogen and oxygen atoms in total. The molecule has 0 amide bonds. The van der Waals surface area contributed by atoms with Crippen LogP contribution in [0.3, 0.4) is 0 Å². The zero-order valence-corrected chi connectivity index (χ0v) is 11.3. The summed E-state index contributed by atoms with van der Waals surface area (Å²) in [4.78, 5) is 0. The molecule has 96 valence electrons. The molecule has 0 saturated heterocycles. The van der Waals surface area contributed by atoms with Crippen LogP contribution >= 0.6 is 0 Å². The number of aliphatic hydroxyl groups is 1. The second-order valence-corrected chi connectivity index (χ2v) is 6.25. The summed E-state index contributed by atoms with van der Waals surface area (Å²) < 4.78 is 0. The van der Waals surface area contributed by atoms with E-state index in [1.54, 1.807) is 0 Å². The predicted octanol–water partition coefficient (Wildman–Crippen LogP) is 2.95. The normalized spacial score (nSPS) is 27.0. The van der Waals surface area contributed by atoms with E-state index in [0.29, 0.717) is 6.61 Å². The van der Waals surface area contributed by atoms with Gasteiger partial charge in [-0.2, -0.15) is 0 Å². The first-order valence-electron chi connectivity index (χ1n) is 6.89. The molecule has 0 aromatic rings. The molecule has 0 radical (unpaired) electrons. The highest BCUT2D eigenvalue weighted by atomic mass is 16.3. The Morgan fingerprint density at radius 2 is 1.94 bits per heavy atom. The molecule has 2 N–H and O–H groups in total. The summed E-state index contributed by atoms with van der Waals surface area (Å²) in [6.07, 6.45) is 7.83. The molecule has 2 atom stereocenters. The summed E-state index contributed by atoms with van der Waals surface area (Å²) >= 11 is 0. The second kappa shape index (κ2) is 6.61. The molecule has 1 aliphatic carbocycles. The van der Waals surface area contributed by atoms with Crippen molar-refractivity contribution in [1.29, 1.82) is 0 Å². The van der Waals surface area contributed by atoms with Gasteiger partial charge < -0.3 is 10.4 Å². The van der Waals surface area contributed by atoms with Gasteiger partial charge >= 0.3 is 0 Å². The van der Waals surface area contributed by atoms with Crippen LogP contribution in [0.4, 0.5) is 0 Å². The standard InChI is InChI=1S/C14H29NO/c1-12-7-4-5-8-13(12)15-10-6-9-14(2,3)11-16/h12-13,15-16H,4-11H2,1-3H3. The van der Waals surface area contributed by atoms with Crippen molar-refractivity contribution >= 4 is 0 Å². The molecule has 1 saturated carbocycles. The number of hydrogen-bond acceptors (Lipinski definition) is 2. The molecule has 0 aliphatic heterocycles. The SMILES string of the molecule is CC1CCCCC1NCCCC(C)(C)CO. The summed E-state index contributed by atoms with van der Waals surface area (Å²) in [6, 6.07) is 0.742. The fraction of sp³-hybridized carbons (Fsp3) is 1.00. The Labute approximate surface area is 101 Å². The molecule has 0 aromatic carbocycles. The molecular weight excluding hydrogens is 198 g/mol. The molecule has 16 heavy (non-hydrogen) atoms. The van der Waals surface area contributed by atoms with Crippen LogP contribution in [0.1, 0.15) is 59.3 Å². The van der Waals surface area contributed by atoms with Crippen molar-refractivity contribution in [2.24, 2.45) is 11.3 Å². The van der Waals surface area contributed by atoms with Gasteiger partial charge in [-0.25, -0.2) is 0 Å². The van der Waals surface area contributed by atoms with Crippen molar-refractivity contribution in [3.8, 4) is 0 Å². The molecule has 2 heteroatoms. The lowest BCUT2D eigenvalue weighted by molar-refractivity contribution is 0.146. The van der Waals surface area contributed by atoms with E-state index >= 15 is 0 Å². The molecule has 1 fully saturated rings. The molecule has 1 rings (SSSR count). The third kappa shape index (κ3) is 4.84. The number of aliphatic hydroxyl groups excluding tert-OH is 1. The van der Waals surface area contributed by atoms with Crippen molar-refractivity contribution in [2.45, 2.75) is 65.3 Å². The van der Waals surface area contributed by atoms with Crippen LogP contribution in [0, 0.1) is 11.3 Å². The van der Waals surface area contributed by atoms with Gasteiger partial charge in [-0.15, -0.1) is 0 Å². The maximum atomic E-state index is 9.16. The smallest absolute Gasteiger partial charge is 0.0482 e. The first kappa shape index (κ1) is 14.0. The minimum Gasteiger partial charge on any atom is -0.396 e. The summed E-state index contributed by atoms with van der Waals surface area (Å²) in [5.41, 5.74) is 0.0971. The van der Waals surface area contributed by atoms with Crippen LogP contribution in [0.2, 0.25) is 0 Å². The topological polar surface area (TPSA) is 32.3 Å². The maximum absolute atomic E-state index is 9.16. The van der Waals surface area contributed by atoms with Gasteiger partial charge in [0.05, 0.1) is 0 Å². The molecule has 0 bridgehead atoms. The zero-order valence-electron chi connectivity index (χ0n) is 11.3. The van der Waals surface area contributed by atoms with Crippen molar-refractivity contribution in [2.75, 3.05) is 13.2 Å². The van der Waals surface area contributed by atoms with E-state index in [1.807, 2.05) is 0 Å². The van der Waals surface area contributed by atoms with Crippen LogP contribution in [0.25, 0.3) is 0 Å². The summed E-state index contributed by atoms with van der Waals surface area (Å²) in [5.74, 6) is 0.847. The number of rotatable bonds is 6. The van der Waals surface area contributed by atoms with Gasteiger partial charge in [-0.1, -0.05) is 33.6 Å². The van der Waals surface area contributed by atoms with E-state index in [-0.39, 0.29) is 5.41 Å². The maximum Gasteiger partial charge on any atom is 0.0482 e. The van der Waals surface area contributed by atoms with Gasteiger partial charge in [0.15, 0.2) is 0 Å². The van der Waals surface area contributed by atoms with E-state index in [9.17, 15) is 0 Å². The van der Waals surface area contributed by atoms with Gasteiger partial charge in [-0.3, -0.25) is 0 Å². The van der Waals surface area contributed by atoms with E-state index in [4.69, 9.17) is 5.11 Å². The average molecular weight is 227 g/mol. The Kier molecular flexibility index (Phi) is 5.77. The summed E-state index contributed by atoms with van der Waals surface area (Å²) in [7, 11) is 0. The molecular formula is C14H29NO. The predicted molar refractivity (Wildman–Crippen MR) is 69.5 cm³/mol. The Balaban J connectivity index is 2.10. The molecule has 0 heterocycles. The average Bonchev–Trinajstić information content (AvgIpc) is 2.27. The lowest BCUT2D eigenvalue weighted by Crippen LogP contribution is -2.38. The molecule has 0 aromatic heterocycles. The van der Waals surface area contributed by atoms with Crippen molar-refractivity contribution in [3.63, 3.8) is 0 Å². The lowest BCUT2D eigenvalue weighted by atomic mass is 9.85. The highest BCUT2D eigenvalue weighted by Gasteiger charge is 2.21. The molecule has 2 unspecified atom stereocenters. The van der Waals surface area contributed by atoms with Gasteiger partial charge in [0.2, 0.25) is 0 Å². The second-order valence-electron chi connectivity index (χ2n) is 6.25. The first-order chi connectivity index (χ1) is 7.55. The summed E-state index contributed by atoms with van der Waals surface area (Å²) in [6.45, 7) is 8.05. The third-order valence-electron chi connectivity index (χ3n) is 3.98.